The molecule has 1 aliphatic heterocycles. The lowest BCUT2D eigenvalue weighted by molar-refractivity contribution is -0.142. The second-order valence-corrected chi connectivity index (χ2v) is 6.01. The largest absolute Gasteiger partial charge is 0.468 e. The van der Waals surface area contributed by atoms with E-state index < -0.39 is 0 Å². The molecule has 1 saturated carbocycles. The van der Waals surface area contributed by atoms with Crippen LogP contribution in [0.1, 0.15) is 39.0 Å². The highest BCUT2D eigenvalue weighted by Crippen LogP contribution is 2.33. The monoisotopic (exact) mass is 284 g/mol. The number of ether oxygens (including phenoxy) is 2. The summed E-state index contributed by atoms with van der Waals surface area (Å²) in [5.41, 5.74) is 0.199. The second kappa shape index (κ2) is 7.38. The predicted octanol–water partition coefficient (Wildman–Crippen LogP) is 1.17. The van der Waals surface area contributed by atoms with Gasteiger partial charge in [0.2, 0.25) is 0 Å². The zero-order valence-electron chi connectivity index (χ0n) is 12.8. The Morgan fingerprint density at radius 1 is 1.30 bits per heavy atom. The van der Waals surface area contributed by atoms with E-state index in [1.807, 2.05) is 6.92 Å². The predicted molar refractivity (Wildman–Crippen MR) is 77.7 cm³/mol. The van der Waals surface area contributed by atoms with Crippen molar-refractivity contribution < 1.29 is 14.3 Å². The van der Waals surface area contributed by atoms with Crippen molar-refractivity contribution in [3.05, 3.63) is 0 Å². The summed E-state index contributed by atoms with van der Waals surface area (Å²) in [7, 11) is 1.44. The second-order valence-electron chi connectivity index (χ2n) is 6.01. The molecule has 0 aromatic rings. The fraction of sp³-hybridized carbons (Fsp3) is 0.933. The minimum atomic E-state index is -0.236. The van der Waals surface area contributed by atoms with Crippen LogP contribution >= 0.6 is 0 Å². The van der Waals surface area contributed by atoms with Gasteiger partial charge in [0.1, 0.15) is 6.04 Å². The van der Waals surface area contributed by atoms with E-state index in [4.69, 9.17) is 9.47 Å². The third kappa shape index (κ3) is 3.71. The highest BCUT2D eigenvalue weighted by Gasteiger charge is 2.38. The summed E-state index contributed by atoms with van der Waals surface area (Å²) in [5, 5.41) is 3.38. The van der Waals surface area contributed by atoms with E-state index in [2.05, 4.69) is 10.2 Å². The summed E-state index contributed by atoms with van der Waals surface area (Å²) in [6, 6.07) is -0.236. The lowest BCUT2D eigenvalue weighted by Crippen LogP contribution is -2.60. The van der Waals surface area contributed by atoms with Gasteiger partial charge in [-0.05, 0) is 19.8 Å². The zero-order chi connectivity index (χ0) is 14.4. The van der Waals surface area contributed by atoms with Gasteiger partial charge < -0.3 is 14.8 Å². The number of esters is 1. The van der Waals surface area contributed by atoms with Gasteiger partial charge in [0, 0.05) is 25.2 Å². The highest BCUT2D eigenvalue weighted by atomic mass is 16.5. The number of methoxy groups -OCH3 is 1. The molecule has 2 fully saturated rings. The number of carbonyl (C=O) groups excluding carboxylic acids is 1. The van der Waals surface area contributed by atoms with E-state index in [1.165, 1.54) is 39.2 Å². The zero-order valence-corrected chi connectivity index (χ0v) is 12.8. The maximum atomic E-state index is 11.5. The van der Waals surface area contributed by atoms with Gasteiger partial charge >= 0.3 is 5.97 Å². The van der Waals surface area contributed by atoms with Crippen molar-refractivity contribution in [2.24, 2.45) is 0 Å². The normalized spacial score (nSPS) is 25.1. The Kier molecular flexibility index (Phi) is 5.81. The van der Waals surface area contributed by atoms with Crippen LogP contribution in [-0.2, 0) is 14.3 Å². The first kappa shape index (κ1) is 15.7. The van der Waals surface area contributed by atoms with E-state index in [1.54, 1.807) is 0 Å². The molecule has 1 heterocycles. The molecule has 1 N–H and O–H groups in total. The number of carbonyl (C=O) groups is 1. The first-order chi connectivity index (χ1) is 9.68. The fourth-order valence-corrected chi connectivity index (χ4v) is 3.46. The quantitative estimate of drug-likeness (QED) is 0.768. The molecule has 0 aromatic heterocycles. The molecule has 0 spiro atoms. The third-order valence-electron chi connectivity index (χ3n) is 4.76. The van der Waals surface area contributed by atoms with Crippen molar-refractivity contribution in [1.82, 2.24) is 10.2 Å². The number of morpholine rings is 1. The van der Waals surface area contributed by atoms with E-state index in [0.29, 0.717) is 0 Å². The number of nitrogens with one attached hydrogen (secondary N) is 1. The van der Waals surface area contributed by atoms with Gasteiger partial charge in [0.25, 0.3) is 0 Å². The average molecular weight is 284 g/mol. The van der Waals surface area contributed by atoms with Crippen LogP contribution in [0, 0.1) is 0 Å². The molecule has 116 valence electrons. The Morgan fingerprint density at radius 3 is 2.55 bits per heavy atom. The Labute approximate surface area is 122 Å². The maximum absolute atomic E-state index is 11.5. The van der Waals surface area contributed by atoms with Crippen LogP contribution in [-0.4, -0.2) is 62.4 Å². The molecule has 20 heavy (non-hydrogen) atoms. The molecule has 0 amide bonds. The third-order valence-corrected chi connectivity index (χ3v) is 4.76. The van der Waals surface area contributed by atoms with Gasteiger partial charge in [-0.15, -0.1) is 0 Å². The molecule has 1 aliphatic carbocycles. The van der Waals surface area contributed by atoms with E-state index in [0.717, 1.165) is 32.8 Å². The van der Waals surface area contributed by atoms with E-state index in [9.17, 15) is 4.79 Å². The fourth-order valence-electron chi connectivity index (χ4n) is 3.46. The summed E-state index contributed by atoms with van der Waals surface area (Å²) in [6.45, 7) is 6.41. The molecular formula is C15H28N2O3. The molecule has 2 aliphatic rings. The Bertz CT molecular complexity index is 310. The number of rotatable bonds is 5. The summed E-state index contributed by atoms with van der Waals surface area (Å²) < 4.78 is 10.3. The molecule has 0 bridgehead atoms. The first-order valence-electron chi connectivity index (χ1n) is 7.82. The van der Waals surface area contributed by atoms with E-state index >= 15 is 0 Å². The lowest BCUT2D eigenvalue weighted by atomic mass is 9.79. The Morgan fingerprint density at radius 2 is 1.95 bits per heavy atom. The topological polar surface area (TPSA) is 50.8 Å². The van der Waals surface area contributed by atoms with Gasteiger partial charge in [-0.3, -0.25) is 9.69 Å². The number of hydrogen-bond donors (Lipinski definition) is 1. The molecule has 0 radical (unpaired) electrons. The van der Waals surface area contributed by atoms with Crippen LogP contribution < -0.4 is 5.32 Å². The molecular weight excluding hydrogens is 256 g/mol. The standard InChI is InChI=1S/C15H28N2O3/c1-13(14(18)19-2)16-12-15(6-4-3-5-7-15)17-8-10-20-11-9-17/h13,16H,3-12H2,1-2H3. The van der Waals surface area contributed by atoms with Crippen LogP contribution in [0.2, 0.25) is 0 Å². The summed E-state index contributed by atoms with van der Waals surface area (Å²) >= 11 is 0. The molecule has 0 aromatic carbocycles. The Balaban J connectivity index is 1.97. The van der Waals surface area contributed by atoms with Gasteiger partial charge in [-0.25, -0.2) is 0 Å². The highest BCUT2D eigenvalue weighted by molar-refractivity contribution is 5.75. The van der Waals surface area contributed by atoms with Gasteiger partial charge in [-0.2, -0.15) is 0 Å². The van der Waals surface area contributed by atoms with Crippen LogP contribution in [0.4, 0.5) is 0 Å². The summed E-state index contributed by atoms with van der Waals surface area (Å²) in [6.07, 6.45) is 6.33. The molecule has 1 saturated heterocycles. The molecule has 1 unspecified atom stereocenters. The van der Waals surface area contributed by atoms with Crippen molar-refractivity contribution in [3.63, 3.8) is 0 Å². The molecule has 1 atom stereocenters. The average Bonchev–Trinajstić information content (AvgIpc) is 2.53. The summed E-state index contributed by atoms with van der Waals surface area (Å²) in [4.78, 5) is 14.1. The minimum Gasteiger partial charge on any atom is -0.468 e. The van der Waals surface area contributed by atoms with Crippen molar-refractivity contribution in [2.45, 2.75) is 50.6 Å². The van der Waals surface area contributed by atoms with Gasteiger partial charge in [0.15, 0.2) is 0 Å². The maximum Gasteiger partial charge on any atom is 0.322 e. The van der Waals surface area contributed by atoms with Crippen molar-refractivity contribution in [2.75, 3.05) is 40.0 Å². The SMILES string of the molecule is COC(=O)C(C)NCC1(N2CCOCC2)CCCCC1. The smallest absolute Gasteiger partial charge is 0.322 e. The van der Waals surface area contributed by atoms with Crippen molar-refractivity contribution >= 4 is 5.97 Å². The van der Waals surface area contributed by atoms with Gasteiger partial charge in [-0.1, -0.05) is 19.3 Å². The molecule has 5 nitrogen and oxygen atoms in total. The lowest BCUT2D eigenvalue weighted by Gasteiger charge is -2.48. The number of nitrogens with zero attached hydrogens (tertiary/aromatic N) is 1. The van der Waals surface area contributed by atoms with Crippen molar-refractivity contribution in [3.8, 4) is 0 Å². The summed E-state index contributed by atoms with van der Waals surface area (Å²) in [5.74, 6) is -0.182. The van der Waals surface area contributed by atoms with Crippen LogP contribution in [0.25, 0.3) is 0 Å². The number of hydrogen-bond acceptors (Lipinski definition) is 5. The van der Waals surface area contributed by atoms with Crippen LogP contribution in [0.15, 0.2) is 0 Å². The Hall–Kier alpha value is -0.650. The molecule has 2 rings (SSSR count). The first-order valence-corrected chi connectivity index (χ1v) is 7.82. The molecule has 5 heteroatoms. The van der Waals surface area contributed by atoms with E-state index in [-0.39, 0.29) is 17.6 Å². The van der Waals surface area contributed by atoms with Crippen LogP contribution in [0.3, 0.4) is 0 Å². The van der Waals surface area contributed by atoms with Gasteiger partial charge in [0.05, 0.1) is 20.3 Å². The van der Waals surface area contributed by atoms with Crippen LogP contribution in [0.5, 0.6) is 0 Å². The van der Waals surface area contributed by atoms with Crippen molar-refractivity contribution in [1.29, 1.82) is 0 Å². The minimum absolute atomic E-state index is 0.182.